The molecule has 0 saturated heterocycles. The van der Waals surface area contributed by atoms with Crippen LogP contribution < -0.4 is 0 Å². The minimum absolute atomic E-state index is 0.517. The zero-order valence-corrected chi connectivity index (χ0v) is 13.4. The second-order valence-corrected chi connectivity index (χ2v) is 6.58. The third-order valence-electron chi connectivity index (χ3n) is 3.64. The minimum Gasteiger partial charge on any atom is -0.298 e. The average molecular weight is 307 g/mol. The van der Waals surface area contributed by atoms with E-state index in [9.17, 15) is 4.79 Å². The Kier molecular flexibility index (Phi) is 4.16. The van der Waals surface area contributed by atoms with Gasteiger partial charge in [0.1, 0.15) is 11.3 Å². The van der Waals surface area contributed by atoms with E-state index in [1.807, 2.05) is 30.5 Å². The maximum atomic E-state index is 10.7. The normalized spacial score (nSPS) is 10.9. The fourth-order valence-electron chi connectivity index (χ4n) is 2.30. The first-order valence-electron chi connectivity index (χ1n) is 7.29. The van der Waals surface area contributed by atoms with Crippen LogP contribution in [0.4, 0.5) is 0 Å². The second kappa shape index (κ2) is 6.24. The Balaban J connectivity index is 1.92. The highest BCUT2D eigenvalue weighted by Crippen LogP contribution is 2.33. The van der Waals surface area contributed by atoms with Crippen LogP contribution in [0.1, 0.15) is 35.7 Å². The molecule has 0 radical (unpaired) electrons. The summed E-state index contributed by atoms with van der Waals surface area (Å²) >= 11 is 1.67. The van der Waals surface area contributed by atoms with Gasteiger partial charge >= 0.3 is 0 Å². The molecule has 1 aromatic heterocycles. The number of hydrogen-bond acceptors (Lipinski definition) is 3. The van der Waals surface area contributed by atoms with Crippen LogP contribution in [0, 0.1) is 0 Å². The van der Waals surface area contributed by atoms with Gasteiger partial charge in [-0.3, -0.25) is 4.79 Å². The Morgan fingerprint density at radius 3 is 2.50 bits per heavy atom. The summed E-state index contributed by atoms with van der Waals surface area (Å²) < 4.78 is 0. The Bertz CT molecular complexity index is 787. The molecule has 22 heavy (non-hydrogen) atoms. The molecule has 3 rings (SSSR count). The van der Waals surface area contributed by atoms with Gasteiger partial charge in [0.25, 0.3) is 0 Å². The molecule has 0 unspecified atom stereocenters. The van der Waals surface area contributed by atoms with Crippen molar-refractivity contribution in [1.29, 1.82) is 0 Å². The van der Waals surface area contributed by atoms with E-state index in [2.05, 4.69) is 43.1 Å². The summed E-state index contributed by atoms with van der Waals surface area (Å²) in [5, 5.41) is 0.974. The molecule has 0 aliphatic carbocycles. The first kappa shape index (κ1) is 14.7. The van der Waals surface area contributed by atoms with Crippen molar-refractivity contribution in [2.24, 2.45) is 0 Å². The third kappa shape index (κ3) is 3.00. The van der Waals surface area contributed by atoms with Crippen molar-refractivity contribution < 1.29 is 4.79 Å². The van der Waals surface area contributed by atoms with Gasteiger partial charge in [0.2, 0.25) is 0 Å². The lowest BCUT2D eigenvalue weighted by Crippen LogP contribution is -1.86. The summed E-state index contributed by atoms with van der Waals surface area (Å²) in [6.45, 7) is 4.40. The SMILES string of the molecule is CC(C)c1cccc(-c2cnc(-c3ccc(C=O)cc3)s2)c1. The van der Waals surface area contributed by atoms with Gasteiger partial charge in [-0.25, -0.2) is 4.98 Å². The number of carbonyl (C=O) groups excluding carboxylic acids is 1. The number of carbonyl (C=O) groups is 1. The first-order chi connectivity index (χ1) is 10.7. The number of benzene rings is 2. The van der Waals surface area contributed by atoms with Crippen molar-refractivity contribution in [2.45, 2.75) is 19.8 Å². The molecule has 110 valence electrons. The van der Waals surface area contributed by atoms with Gasteiger partial charge < -0.3 is 0 Å². The molecule has 0 aliphatic heterocycles. The van der Waals surface area contributed by atoms with Crippen LogP contribution in [0.15, 0.2) is 54.7 Å². The minimum atomic E-state index is 0.517. The fraction of sp³-hybridized carbons (Fsp3) is 0.158. The summed E-state index contributed by atoms with van der Waals surface area (Å²) in [5.41, 5.74) is 4.27. The lowest BCUT2D eigenvalue weighted by molar-refractivity contribution is 0.112. The van der Waals surface area contributed by atoms with E-state index in [1.54, 1.807) is 11.3 Å². The smallest absolute Gasteiger partial charge is 0.150 e. The average Bonchev–Trinajstić information content (AvgIpc) is 3.05. The molecular formula is C19H17NOS. The Morgan fingerprint density at radius 1 is 1.05 bits per heavy atom. The van der Waals surface area contributed by atoms with Crippen LogP contribution in [0.3, 0.4) is 0 Å². The maximum Gasteiger partial charge on any atom is 0.150 e. The number of rotatable bonds is 4. The van der Waals surface area contributed by atoms with Gasteiger partial charge in [-0.15, -0.1) is 11.3 Å². The van der Waals surface area contributed by atoms with E-state index in [0.29, 0.717) is 11.5 Å². The highest BCUT2D eigenvalue weighted by molar-refractivity contribution is 7.18. The highest BCUT2D eigenvalue weighted by Gasteiger charge is 2.08. The number of aromatic nitrogens is 1. The molecule has 0 saturated carbocycles. The summed E-state index contributed by atoms with van der Waals surface area (Å²) in [7, 11) is 0. The first-order valence-corrected chi connectivity index (χ1v) is 8.11. The molecule has 2 aromatic carbocycles. The molecule has 3 aromatic rings. The zero-order valence-electron chi connectivity index (χ0n) is 12.6. The van der Waals surface area contributed by atoms with Crippen molar-refractivity contribution >= 4 is 17.6 Å². The van der Waals surface area contributed by atoms with Gasteiger partial charge in [0, 0.05) is 17.3 Å². The topological polar surface area (TPSA) is 30.0 Å². The molecule has 0 amide bonds. The van der Waals surface area contributed by atoms with E-state index in [1.165, 1.54) is 11.1 Å². The number of thiazole rings is 1. The zero-order chi connectivity index (χ0) is 15.5. The molecular weight excluding hydrogens is 290 g/mol. The van der Waals surface area contributed by atoms with Gasteiger partial charge in [0.15, 0.2) is 0 Å². The van der Waals surface area contributed by atoms with Crippen molar-refractivity contribution in [3.63, 3.8) is 0 Å². The molecule has 0 aliphatic rings. The lowest BCUT2D eigenvalue weighted by atomic mass is 10.0. The van der Waals surface area contributed by atoms with E-state index in [0.717, 1.165) is 21.7 Å². The molecule has 3 heteroatoms. The number of hydrogen-bond donors (Lipinski definition) is 0. The Labute approximate surface area is 134 Å². The molecule has 0 spiro atoms. The molecule has 0 bridgehead atoms. The largest absolute Gasteiger partial charge is 0.298 e. The van der Waals surface area contributed by atoms with Crippen LogP contribution in [-0.2, 0) is 0 Å². The van der Waals surface area contributed by atoms with Gasteiger partial charge in [-0.2, -0.15) is 0 Å². The summed E-state index contributed by atoms with van der Waals surface area (Å²) in [6, 6.07) is 16.1. The van der Waals surface area contributed by atoms with Crippen molar-refractivity contribution in [1.82, 2.24) is 4.98 Å². The van der Waals surface area contributed by atoms with Crippen molar-refractivity contribution in [3.8, 4) is 21.0 Å². The van der Waals surface area contributed by atoms with E-state index in [-0.39, 0.29) is 0 Å². The quantitative estimate of drug-likeness (QED) is 0.603. The molecule has 0 fully saturated rings. The van der Waals surface area contributed by atoms with Crippen LogP contribution in [-0.4, -0.2) is 11.3 Å². The van der Waals surface area contributed by atoms with Crippen LogP contribution in [0.2, 0.25) is 0 Å². The Hall–Kier alpha value is -2.26. The fourth-order valence-corrected chi connectivity index (χ4v) is 3.21. The van der Waals surface area contributed by atoms with Crippen molar-refractivity contribution in [3.05, 3.63) is 65.9 Å². The number of nitrogens with zero attached hydrogens (tertiary/aromatic N) is 1. The monoisotopic (exact) mass is 307 g/mol. The molecule has 1 heterocycles. The molecule has 0 N–H and O–H groups in total. The Morgan fingerprint density at radius 2 is 1.82 bits per heavy atom. The third-order valence-corrected chi connectivity index (χ3v) is 4.73. The summed E-state index contributed by atoms with van der Waals surface area (Å²) in [4.78, 5) is 16.4. The predicted octanol–water partition coefficient (Wildman–Crippen LogP) is 5.41. The predicted molar refractivity (Wildman–Crippen MR) is 92.5 cm³/mol. The standard InChI is InChI=1S/C19H17NOS/c1-13(2)16-4-3-5-17(10-16)18-11-20-19(22-18)15-8-6-14(12-21)7-9-15/h3-13H,1-2H3. The maximum absolute atomic E-state index is 10.7. The lowest BCUT2D eigenvalue weighted by Gasteiger charge is -2.06. The van der Waals surface area contributed by atoms with E-state index >= 15 is 0 Å². The van der Waals surface area contributed by atoms with Gasteiger partial charge in [-0.05, 0) is 17.0 Å². The van der Waals surface area contributed by atoms with E-state index in [4.69, 9.17) is 0 Å². The highest BCUT2D eigenvalue weighted by atomic mass is 32.1. The van der Waals surface area contributed by atoms with Gasteiger partial charge in [0.05, 0.1) is 4.88 Å². The molecule has 2 nitrogen and oxygen atoms in total. The van der Waals surface area contributed by atoms with Crippen LogP contribution >= 0.6 is 11.3 Å². The van der Waals surface area contributed by atoms with Crippen LogP contribution in [0.25, 0.3) is 21.0 Å². The van der Waals surface area contributed by atoms with Crippen molar-refractivity contribution in [2.75, 3.05) is 0 Å². The second-order valence-electron chi connectivity index (χ2n) is 5.55. The number of aldehydes is 1. The summed E-state index contributed by atoms with van der Waals surface area (Å²) in [6.07, 6.45) is 2.78. The van der Waals surface area contributed by atoms with Gasteiger partial charge in [-0.1, -0.05) is 62.4 Å². The molecule has 0 atom stereocenters. The van der Waals surface area contributed by atoms with E-state index < -0.39 is 0 Å². The summed E-state index contributed by atoms with van der Waals surface area (Å²) in [5.74, 6) is 0.517. The van der Waals surface area contributed by atoms with Crippen LogP contribution in [0.5, 0.6) is 0 Å².